The molecule has 1 amide bonds. The molecule has 0 aromatic rings. The van der Waals surface area contributed by atoms with Crippen LogP contribution in [0.5, 0.6) is 0 Å². The summed E-state index contributed by atoms with van der Waals surface area (Å²) in [5.41, 5.74) is 0. The Labute approximate surface area is 94.4 Å². The van der Waals surface area contributed by atoms with Crippen LogP contribution in [0.4, 0.5) is 0 Å². The van der Waals surface area contributed by atoms with Gasteiger partial charge in [0.25, 0.3) is 0 Å². The Balaban J connectivity index is 2.77. The second-order valence-corrected chi connectivity index (χ2v) is 3.53. The molecule has 0 aliphatic carbocycles. The van der Waals surface area contributed by atoms with E-state index >= 15 is 0 Å². The number of aliphatic hydroxyl groups excluding tert-OH is 3. The molecule has 7 heteroatoms. The maximum absolute atomic E-state index is 11.1. The molecule has 0 radical (unpaired) electrons. The first-order chi connectivity index (χ1) is 8.04. The van der Waals surface area contributed by atoms with Gasteiger partial charge in [-0.05, 0) is 0 Å². The summed E-state index contributed by atoms with van der Waals surface area (Å²) >= 11 is 0. The summed E-state index contributed by atoms with van der Waals surface area (Å²) in [7, 11) is 1.31. The largest absolute Gasteiger partial charge is 0.394 e. The number of amides is 1. The first kappa shape index (κ1) is 11.7. The van der Waals surface area contributed by atoms with Crippen molar-refractivity contribution < 1.29 is 31.0 Å². The predicted molar refractivity (Wildman–Crippen MR) is 52.4 cm³/mol. The third kappa shape index (κ3) is 2.69. The Morgan fingerprint density at radius 2 is 2.31 bits per heavy atom. The van der Waals surface area contributed by atoms with Crippen molar-refractivity contribution in [1.82, 2.24) is 5.32 Å². The fourth-order valence-electron chi connectivity index (χ4n) is 1.71. The molecular weight excluding hydrogens is 218 g/mol. The molecular formula is C9H17NO6. The van der Waals surface area contributed by atoms with E-state index in [-0.39, 0.29) is 0 Å². The molecule has 5 atom stereocenters. The summed E-state index contributed by atoms with van der Waals surface area (Å²) in [6.45, 7) is -0.976. The molecule has 0 aromatic carbocycles. The molecule has 16 heavy (non-hydrogen) atoms. The second kappa shape index (κ2) is 5.55. The minimum atomic E-state index is -1.41. The zero-order valence-electron chi connectivity index (χ0n) is 9.87. The molecule has 1 rings (SSSR count). The molecule has 1 fully saturated rings. The van der Waals surface area contributed by atoms with Crippen LogP contribution < -0.4 is 5.32 Å². The van der Waals surface area contributed by atoms with Crippen LogP contribution in [0.3, 0.4) is 0 Å². The summed E-state index contributed by atoms with van der Waals surface area (Å²) in [4.78, 5) is 11.1. The van der Waals surface area contributed by atoms with Crippen LogP contribution >= 0.6 is 0 Å². The highest BCUT2D eigenvalue weighted by Crippen LogP contribution is 2.21. The van der Waals surface area contributed by atoms with Gasteiger partial charge in [-0.2, -0.15) is 0 Å². The van der Waals surface area contributed by atoms with E-state index in [4.69, 9.17) is 16.0 Å². The van der Waals surface area contributed by atoms with Crippen LogP contribution in [0.2, 0.25) is 0 Å². The van der Waals surface area contributed by atoms with Gasteiger partial charge < -0.3 is 30.1 Å². The molecule has 0 aromatic heterocycles. The lowest BCUT2D eigenvalue weighted by atomic mass is 9.97. The van der Waals surface area contributed by atoms with E-state index in [1.165, 1.54) is 7.11 Å². The van der Waals surface area contributed by atoms with Crippen LogP contribution in [0, 0.1) is 0 Å². The van der Waals surface area contributed by atoms with Gasteiger partial charge in [0.1, 0.15) is 24.4 Å². The molecule has 1 aliphatic heterocycles. The van der Waals surface area contributed by atoms with Crippen LogP contribution in [-0.2, 0) is 14.3 Å². The van der Waals surface area contributed by atoms with Gasteiger partial charge in [-0.1, -0.05) is 0 Å². The molecule has 1 saturated heterocycles. The molecule has 0 bridgehead atoms. The van der Waals surface area contributed by atoms with E-state index in [0.717, 1.165) is 0 Å². The van der Waals surface area contributed by atoms with E-state index < -0.39 is 50.1 Å². The van der Waals surface area contributed by atoms with E-state index in [0.29, 0.717) is 0 Å². The highest BCUT2D eigenvalue weighted by Gasteiger charge is 2.45. The van der Waals surface area contributed by atoms with Gasteiger partial charge in [-0.3, -0.25) is 4.79 Å². The van der Waals surface area contributed by atoms with E-state index in [1.54, 1.807) is 0 Å². The Bertz CT molecular complexity index is 266. The number of ether oxygens (including phenoxy) is 2. The Morgan fingerprint density at radius 1 is 1.62 bits per heavy atom. The zero-order chi connectivity index (χ0) is 13.0. The summed E-state index contributed by atoms with van der Waals surface area (Å²) in [5, 5.41) is 30.7. The summed E-state index contributed by atoms with van der Waals surface area (Å²) in [6.07, 6.45) is -4.47. The third-order valence-electron chi connectivity index (χ3n) is 2.47. The van der Waals surface area contributed by atoms with Crippen molar-refractivity contribution in [2.45, 2.75) is 37.5 Å². The Kier molecular flexibility index (Phi) is 4.08. The molecule has 0 saturated carbocycles. The van der Waals surface area contributed by atoms with Crippen LogP contribution in [0.1, 0.15) is 8.27 Å². The topological polar surface area (TPSA) is 108 Å². The molecule has 1 unspecified atom stereocenters. The lowest BCUT2D eigenvalue weighted by Crippen LogP contribution is -2.64. The van der Waals surface area contributed by atoms with Gasteiger partial charge in [-0.25, -0.2) is 0 Å². The molecule has 94 valence electrons. The van der Waals surface area contributed by atoms with E-state index in [9.17, 15) is 15.0 Å². The van der Waals surface area contributed by atoms with Gasteiger partial charge in [0, 0.05) is 15.4 Å². The van der Waals surface area contributed by atoms with Crippen LogP contribution in [0.15, 0.2) is 0 Å². The van der Waals surface area contributed by atoms with E-state index in [2.05, 4.69) is 5.32 Å². The highest BCUT2D eigenvalue weighted by atomic mass is 16.6. The van der Waals surface area contributed by atoms with Crippen molar-refractivity contribution in [2.24, 2.45) is 0 Å². The first-order valence-corrected chi connectivity index (χ1v) is 4.79. The quantitative estimate of drug-likeness (QED) is 0.434. The molecule has 1 aliphatic rings. The van der Waals surface area contributed by atoms with Crippen molar-refractivity contribution in [3.63, 3.8) is 0 Å². The Hall–Kier alpha value is -0.730. The first-order valence-electron chi connectivity index (χ1n) is 5.49. The fraction of sp³-hybridized carbons (Fsp3) is 0.889. The third-order valence-corrected chi connectivity index (χ3v) is 2.47. The van der Waals surface area contributed by atoms with Crippen molar-refractivity contribution in [2.75, 3.05) is 13.7 Å². The van der Waals surface area contributed by atoms with Gasteiger partial charge >= 0.3 is 0 Å². The summed E-state index contributed by atoms with van der Waals surface area (Å²) in [5.74, 6) is -0.616. The number of nitrogens with one attached hydrogen (secondary N) is 1. The normalized spacial score (nSPS) is 40.2. The number of hydrogen-bond donors (Lipinski definition) is 4. The zero-order valence-corrected chi connectivity index (χ0v) is 8.87. The lowest BCUT2D eigenvalue weighted by molar-refractivity contribution is -0.258. The molecule has 4 N–H and O–H groups in total. The smallest absolute Gasteiger partial charge is 0.217 e. The van der Waals surface area contributed by atoms with Crippen LogP contribution in [-0.4, -0.2) is 65.6 Å². The molecule has 1 heterocycles. The van der Waals surface area contributed by atoms with Gasteiger partial charge in [0.2, 0.25) is 5.91 Å². The van der Waals surface area contributed by atoms with Crippen molar-refractivity contribution in [3.8, 4) is 0 Å². The lowest BCUT2D eigenvalue weighted by Gasteiger charge is -2.41. The van der Waals surface area contributed by atoms with Gasteiger partial charge in [0.05, 0.1) is 6.61 Å². The maximum atomic E-state index is 11.1. The maximum Gasteiger partial charge on any atom is 0.217 e. The fourth-order valence-corrected chi connectivity index (χ4v) is 1.71. The second-order valence-electron chi connectivity index (χ2n) is 3.53. The summed E-state index contributed by atoms with van der Waals surface area (Å²) in [6, 6.07) is -0.976. The van der Waals surface area contributed by atoms with Gasteiger partial charge in [0.15, 0.2) is 6.29 Å². The number of rotatable bonds is 3. The van der Waals surface area contributed by atoms with Gasteiger partial charge in [-0.15, -0.1) is 0 Å². The Morgan fingerprint density at radius 3 is 2.81 bits per heavy atom. The average molecular weight is 236 g/mol. The minimum absolute atomic E-state index is 0.475. The minimum Gasteiger partial charge on any atom is -0.394 e. The average Bonchev–Trinajstić information content (AvgIpc) is 2.33. The monoisotopic (exact) mass is 236 g/mol. The van der Waals surface area contributed by atoms with Crippen molar-refractivity contribution >= 4 is 5.91 Å². The standard InChI is InChI=1S/C9H17NO6/c1-4(12)10-6-8(15-2)7(13)5(3-11)16-9(6)14/h5-9,11,13-14H,3H2,1-2H3,(H,10,12)/t5-,6-,7-,8-,9?/m1/s1/i1D. The molecule has 7 nitrogen and oxygen atoms in total. The number of carbonyl (C=O) groups excluding carboxylic acids is 1. The summed E-state index contributed by atoms with van der Waals surface area (Å²) < 4.78 is 16.8. The molecule has 0 spiro atoms. The van der Waals surface area contributed by atoms with Crippen molar-refractivity contribution in [1.29, 1.82) is 0 Å². The highest BCUT2D eigenvalue weighted by molar-refractivity contribution is 5.73. The number of aliphatic hydroxyl groups is 3. The van der Waals surface area contributed by atoms with E-state index in [1.807, 2.05) is 0 Å². The van der Waals surface area contributed by atoms with Crippen molar-refractivity contribution in [3.05, 3.63) is 0 Å². The van der Waals surface area contributed by atoms with Crippen LogP contribution in [0.25, 0.3) is 0 Å². The SMILES string of the molecule is [2H]CC(=O)N[C@H]1C(O)O[C@H](CO)[C@@H](O)[C@@H]1OC. The number of hydrogen-bond acceptors (Lipinski definition) is 6. The number of carbonyl (C=O) groups is 1. The predicted octanol–water partition coefficient (Wildman–Crippen LogP) is -2.42. The number of methoxy groups -OCH3 is 1.